The van der Waals surface area contributed by atoms with Crippen LogP contribution < -0.4 is 5.32 Å². The molecule has 14 heavy (non-hydrogen) atoms. The molecule has 0 aliphatic carbocycles. The number of nitrogens with one attached hydrogen (secondary N) is 1. The molecule has 2 saturated heterocycles. The zero-order chi connectivity index (χ0) is 10.2. The zero-order valence-electron chi connectivity index (χ0n) is 9.29. The van der Waals surface area contributed by atoms with Crippen LogP contribution in [0.25, 0.3) is 0 Å². The van der Waals surface area contributed by atoms with Gasteiger partial charge in [0.1, 0.15) is 0 Å². The Labute approximate surface area is 86.5 Å². The molecule has 0 aromatic heterocycles. The summed E-state index contributed by atoms with van der Waals surface area (Å²) in [6.07, 6.45) is 0.913. The second-order valence-electron chi connectivity index (χ2n) is 5.35. The van der Waals surface area contributed by atoms with Gasteiger partial charge in [-0.2, -0.15) is 0 Å². The van der Waals surface area contributed by atoms with Crippen molar-refractivity contribution in [2.75, 3.05) is 32.7 Å². The second-order valence-corrected chi connectivity index (χ2v) is 5.35. The quantitative estimate of drug-likeness (QED) is 0.684. The fourth-order valence-corrected chi connectivity index (χ4v) is 2.44. The Bertz CT molecular complexity index is 193. The van der Waals surface area contributed by atoms with Crippen molar-refractivity contribution in [1.82, 2.24) is 10.2 Å². The molecule has 0 bridgehead atoms. The van der Waals surface area contributed by atoms with Crippen LogP contribution in [0.1, 0.15) is 20.3 Å². The van der Waals surface area contributed by atoms with E-state index in [0.29, 0.717) is 0 Å². The summed E-state index contributed by atoms with van der Waals surface area (Å²) in [6, 6.07) is 0. The topological polar surface area (TPSA) is 35.5 Å². The second kappa shape index (κ2) is 3.80. The Balaban J connectivity index is 1.73. The molecule has 0 aromatic rings. The predicted molar refractivity (Wildman–Crippen MR) is 57.2 cm³/mol. The van der Waals surface area contributed by atoms with Gasteiger partial charge in [0.2, 0.25) is 0 Å². The van der Waals surface area contributed by atoms with Crippen molar-refractivity contribution in [1.29, 1.82) is 0 Å². The van der Waals surface area contributed by atoms with Crippen LogP contribution in [0.3, 0.4) is 0 Å². The Morgan fingerprint density at radius 3 is 2.71 bits per heavy atom. The maximum absolute atomic E-state index is 10.1. The average Bonchev–Trinajstić information content (AvgIpc) is 2.44. The number of hydrogen-bond acceptors (Lipinski definition) is 3. The summed E-state index contributed by atoms with van der Waals surface area (Å²) in [4.78, 5) is 2.39. The lowest BCUT2D eigenvalue weighted by atomic mass is 9.87. The number of hydrogen-bond donors (Lipinski definition) is 2. The van der Waals surface area contributed by atoms with Crippen LogP contribution in [-0.4, -0.2) is 48.3 Å². The Morgan fingerprint density at radius 1 is 1.50 bits per heavy atom. The summed E-state index contributed by atoms with van der Waals surface area (Å²) in [6.45, 7) is 9.54. The summed E-state index contributed by atoms with van der Waals surface area (Å²) >= 11 is 0. The van der Waals surface area contributed by atoms with Crippen LogP contribution in [0.2, 0.25) is 0 Å². The zero-order valence-corrected chi connectivity index (χ0v) is 9.29. The minimum atomic E-state index is -0.443. The summed E-state index contributed by atoms with van der Waals surface area (Å²) in [5.41, 5.74) is -0.443. The number of likely N-dealkylation sites (tertiary alicyclic amines) is 1. The van der Waals surface area contributed by atoms with Crippen molar-refractivity contribution in [3.8, 4) is 0 Å². The fourth-order valence-electron chi connectivity index (χ4n) is 2.44. The van der Waals surface area contributed by atoms with Crippen molar-refractivity contribution >= 4 is 0 Å². The van der Waals surface area contributed by atoms with E-state index in [0.717, 1.165) is 37.9 Å². The lowest BCUT2D eigenvalue weighted by Crippen LogP contribution is -2.55. The molecule has 0 saturated carbocycles. The largest absolute Gasteiger partial charge is 0.387 e. The van der Waals surface area contributed by atoms with Crippen molar-refractivity contribution in [3.05, 3.63) is 0 Å². The highest BCUT2D eigenvalue weighted by Crippen LogP contribution is 2.26. The van der Waals surface area contributed by atoms with Gasteiger partial charge in [0.05, 0.1) is 5.60 Å². The third-order valence-corrected chi connectivity index (χ3v) is 3.67. The molecule has 3 heteroatoms. The van der Waals surface area contributed by atoms with Crippen molar-refractivity contribution < 1.29 is 5.11 Å². The molecule has 2 N–H and O–H groups in total. The molecule has 2 rings (SSSR count). The minimum Gasteiger partial charge on any atom is -0.387 e. The van der Waals surface area contributed by atoms with E-state index in [1.54, 1.807) is 0 Å². The minimum absolute atomic E-state index is 0.443. The molecule has 3 nitrogen and oxygen atoms in total. The Kier molecular flexibility index (Phi) is 2.82. The van der Waals surface area contributed by atoms with Crippen LogP contribution in [-0.2, 0) is 0 Å². The van der Waals surface area contributed by atoms with Gasteiger partial charge in [0.15, 0.2) is 0 Å². The van der Waals surface area contributed by atoms with Gasteiger partial charge in [0.25, 0.3) is 0 Å². The lowest BCUT2D eigenvalue weighted by Gasteiger charge is -2.44. The standard InChI is InChI=1S/C11H22N2O/c1-9(2)10-5-13(6-10)8-11(14)3-4-12-7-11/h9-10,12,14H,3-8H2,1-2H3. The van der Waals surface area contributed by atoms with Gasteiger partial charge < -0.3 is 10.4 Å². The lowest BCUT2D eigenvalue weighted by molar-refractivity contribution is -0.0277. The Hall–Kier alpha value is -0.120. The monoisotopic (exact) mass is 198 g/mol. The summed E-state index contributed by atoms with van der Waals surface area (Å²) in [5, 5.41) is 13.4. The molecule has 1 unspecified atom stereocenters. The van der Waals surface area contributed by atoms with Crippen LogP contribution in [0.4, 0.5) is 0 Å². The van der Waals surface area contributed by atoms with E-state index in [1.807, 2.05) is 0 Å². The normalized spacial score (nSPS) is 35.1. The molecule has 0 radical (unpaired) electrons. The van der Waals surface area contributed by atoms with Gasteiger partial charge in [0, 0.05) is 26.2 Å². The van der Waals surface area contributed by atoms with E-state index in [9.17, 15) is 5.11 Å². The van der Waals surface area contributed by atoms with E-state index in [4.69, 9.17) is 0 Å². The predicted octanol–water partition coefficient (Wildman–Crippen LogP) is 0.299. The SMILES string of the molecule is CC(C)C1CN(CC2(O)CCNC2)C1. The van der Waals surface area contributed by atoms with E-state index in [-0.39, 0.29) is 0 Å². The molecule has 2 aliphatic heterocycles. The van der Waals surface area contributed by atoms with E-state index in [1.165, 1.54) is 13.1 Å². The van der Waals surface area contributed by atoms with Gasteiger partial charge in [-0.25, -0.2) is 0 Å². The van der Waals surface area contributed by atoms with Crippen LogP contribution >= 0.6 is 0 Å². The first-order valence-electron chi connectivity index (χ1n) is 5.74. The number of nitrogens with zero attached hydrogens (tertiary/aromatic N) is 1. The van der Waals surface area contributed by atoms with E-state index < -0.39 is 5.60 Å². The first-order chi connectivity index (χ1) is 6.59. The van der Waals surface area contributed by atoms with Gasteiger partial charge >= 0.3 is 0 Å². The summed E-state index contributed by atoms with van der Waals surface area (Å²) in [7, 11) is 0. The van der Waals surface area contributed by atoms with E-state index in [2.05, 4.69) is 24.1 Å². The van der Waals surface area contributed by atoms with Gasteiger partial charge in [-0.3, -0.25) is 4.90 Å². The third kappa shape index (κ3) is 2.10. The van der Waals surface area contributed by atoms with E-state index >= 15 is 0 Å². The summed E-state index contributed by atoms with van der Waals surface area (Å²) < 4.78 is 0. The van der Waals surface area contributed by atoms with Gasteiger partial charge in [-0.05, 0) is 24.8 Å². The van der Waals surface area contributed by atoms with Crippen molar-refractivity contribution in [3.63, 3.8) is 0 Å². The molecular formula is C11H22N2O. The van der Waals surface area contributed by atoms with Gasteiger partial charge in [-0.1, -0.05) is 13.8 Å². The van der Waals surface area contributed by atoms with Gasteiger partial charge in [-0.15, -0.1) is 0 Å². The molecule has 2 heterocycles. The highest BCUT2D eigenvalue weighted by atomic mass is 16.3. The fraction of sp³-hybridized carbons (Fsp3) is 1.00. The first kappa shape index (κ1) is 10.4. The average molecular weight is 198 g/mol. The molecule has 0 spiro atoms. The molecule has 0 aromatic carbocycles. The molecule has 82 valence electrons. The van der Waals surface area contributed by atoms with Crippen LogP contribution in [0, 0.1) is 11.8 Å². The van der Waals surface area contributed by atoms with Crippen molar-refractivity contribution in [2.45, 2.75) is 25.9 Å². The maximum Gasteiger partial charge on any atom is 0.0909 e. The number of aliphatic hydroxyl groups is 1. The van der Waals surface area contributed by atoms with Crippen LogP contribution in [0.5, 0.6) is 0 Å². The molecule has 2 fully saturated rings. The smallest absolute Gasteiger partial charge is 0.0909 e. The highest BCUT2D eigenvalue weighted by molar-refractivity contribution is 4.94. The Morgan fingerprint density at radius 2 is 2.21 bits per heavy atom. The molecular weight excluding hydrogens is 176 g/mol. The highest BCUT2D eigenvalue weighted by Gasteiger charge is 2.37. The van der Waals surface area contributed by atoms with Crippen LogP contribution in [0.15, 0.2) is 0 Å². The molecule has 1 atom stereocenters. The number of rotatable bonds is 3. The number of β-amino-alcohol motifs (C(OH)–C–C–N with tert-alkyl or cyclic N) is 1. The maximum atomic E-state index is 10.1. The molecule has 2 aliphatic rings. The third-order valence-electron chi connectivity index (χ3n) is 3.67. The summed E-state index contributed by atoms with van der Waals surface area (Å²) in [5.74, 6) is 1.65. The first-order valence-corrected chi connectivity index (χ1v) is 5.74. The molecule has 0 amide bonds. The van der Waals surface area contributed by atoms with Crippen molar-refractivity contribution in [2.24, 2.45) is 11.8 Å².